The summed E-state index contributed by atoms with van der Waals surface area (Å²) in [4.78, 5) is 17.0. The van der Waals surface area contributed by atoms with Crippen LogP contribution in [0.15, 0.2) is 34.5 Å². The van der Waals surface area contributed by atoms with Crippen LogP contribution in [0.4, 0.5) is 10.5 Å². The van der Waals surface area contributed by atoms with Crippen molar-refractivity contribution in [3.63, 3.8) is 0 Å². The van der Waals surface area contributed by atoms with E-state index in [2.05, 4.69) is 15.6 Å². The predicted octanol–water partition coefficient (Wildman–Crippen LogP) is 3.11. The number of benzene rings is 1. The zero-order valence-corrected chi connectivity index (χ0v) is 14.4. The van der Waals surface area contributed by atoms with Crippen LogP contribution in [-0.2, 0) is 10.8 Å². The minimum Gasteiger partial charge on any atom is -0.337 e. The molecule has 5 nitrogen and oxygen atoms in total. The molecule has 0 aliphatic carbocycles. The first-order chi connectivity index (χ1) is 10.5. The average Bonchev–Trinajstić information content (AvgIpc) is 2.92. The molecular weight excluding hydrogens is 318 g/mol. The average molecular weight is 337 g/mol. The van der Waals surface area contributed by atoms with Gasteiger partial charge in [0.15, 0.2) is 0 Å². The maximum Gasteiger partial charge on any atom is 0.319 e. The molecule has 0 bridgehead atoms. The van der Waals surface area contributed by atoms with Gasteiger partial charge in [-0.3, -0.25) is 4.21 Å². The van der Waals surface area contributed by atoms with Crippen LogP contribution in [0.1, 0.15) is 23.5 Å². The lowest BCUT2D eigenvalue weighted by atomic mass is 10.2. The molecule has 0 saturated carbocycles. The van der Waals surface area contributed by atoms with Crippen LogP contribution in [0, 0.1) is 6.92 Å². The van der Waals surface area contributed by atoms with E-state index in [4.69, 9.17) is 0 Å². The van der Waals surface area contributed by atoms with Crippen molar-refractivity contribution in [1.29, 1.82) is 0 Å². The SMILES string of the molecule is Cc1csc([C@H](C)CNC(=O)Nc2ccc([S@@](C)=O)cc2)n1. The van der Waals surface area contributed by atoms with Gasteiger partial charge in [-0.2, -0.15) is 0 Å². The summed E-state index contributed by atoms with van der Waals surface area (Å²) >= 11 is 1.61. The molecule has 2 atom stereocenters. The first-order valence-corrected chi connectivity index (χ1v) is 9.30. The number of aromatic nitrogens is 1. The van der Waals surface area contributed by atoms with Crippen molar-refractivity contribution in [2.24, 2.45) is 0 Å². The molecule has 0 aliphatic heterocycles. The fraction of sp³-hybridized carbons (Fsp3) is 0.333. The molecule has 2 rings (SSSR count). The Morgan fingerprint density at radius 3 is 2.59 bits per heavy atom. The van der Waals surface area contributed by atoms with Gasteiger partial charge in [-0.1, -0.05) is 6.92 Å². The number of rotatable bonds is 5. The second-order valence-electron chi connectivity index (χ2n) is 5.04. The van der Waals surface area contributed by atoms with E-state index in [0.717, 1.165) is 15.6 Å². The number of aryl methyl sites for hydroxylation is 1. The smallest absolute Gasteiger partial charge is 0.319 e. The molecular formula is C15H19N3O2S2. The number of urea groups is 1. The molecule has 2 N–H and O–H groups in total. The Morgan fingerprint density at radius 1 is 1.36 bits per heavy atom. The Labute approximate surface area is 136 Å². The summed E-state index contributed by atoms with van der Waals surface area (Å²) in [6.45, 7) is 4.51. The summed E-state index contributed by atoms with van der Waals surface area (Å²) in [5, 5.41) is 8.61. The maximum absolute atomic E-state index is 11.9. The van der Waals surface area contributed by atoms with E-state index in [0.29, 0.717) is 12.2 Å². The summed E-state index contributed by atoms with van der Waals surface area (Å²) in [6.07, 6.45) is 1.62. The van der Waals surface area contributed by atoms with Gasteiger partial charge < -0.3 is 10.6 Å². The van der Waals surface area contributed by atoms with E-state index >= 15 is 0 Å². The Hall–Kier alpha value is -1.73. The van der Waals surface area contributed by atoms with Crippen molar-refractivity contribution < 1.29 is 9.00 Å². The number of thiazole rings is 1. The highest BCUT2D eigenvalue weighted by Crippen LogP contribution is 2.19. The van der Waals surface area contributed by atoms with Crippen LogP contribution in [-0.4, -0.2) is 28.0 Å². The number of hydrogen-bond donors (Lipinski definition) is 2. The van der Waals surface area contributed by atoms with E-state index < -0.39 is 10.8 Å². The highest BCUT2D eigenvalue weighted by molar-refractivity contribution is 7.84. The zero-order chi connectivity index (χ0) is 16.1. The molecule has 2 aromatic rings. The Balaban J connectivity index is 1.83. The van der Waals surface area contributed by atoms with Crippen molar-refractivity contribution in [1.82, 2.24) is 10.3 Å². The van der Waals surface area contributed by atoms with Crippen LogP contribution in [0.3, 0.4) is 0 Å². The van der Waals surface area contributed by atoms with E-state index in [1.54, 1.807) is 41.9 Å². The van der Waals surface area contributed by atoms with Crippen LogP contribution >= 0.6 is 11.3 Å². The molecule has 2 amide bonds. The quantitative estimate of drug-likeness (QED) is 0.880. The van der Waals surface area contributed by atoms with Gasteiger partial charge in [0, 0.05) is 51.2 Å². The van der Waals surface area contributed by atoms with E-state index in [1.807, 2.05) is 19.2 Å². The van der Waals surface area contributed by atoms with Crippen molar-refractivity contribution in [2.45, 2.75) is 24.7 Å². The van der Waals surface area contributed by atoms with Gasteiger partial charge in [0.1, 0.15) is 0 Å². The standard InChI is InChI=1S/C15H19N3O2S2/c1-10(14-17-11(2)9-21-14)8-16-15(19)18-12-4-6-13(7-5-12)22(3)20/h4-7,9-10H,8H2,1-3H3,(H2,16,18,19)/t10-,22-/m1/s1. The molecule has 0 radical (unpaired) electrons. The van der Waals surface area contributed by atoms with Crippen LogP contribution in [0.2, 0.25) is 0 Å². The Bertz CT molecular complexity index is 668. The number of amides is 2. The highest BCUT2D eigenvalue weighted by Gasteiger charge is 2.11. The lowest BCUT2D eigenvalue weighted by molar-refractivity contribution is 0.251. The number of nitrogens with zero attached hydrogens (tertiary/aromatic N) is 1. The topological polar surface area (TPSA) is 71.1 Å². The number of anilines is 1. The first-order valence-electron chi connectivity index (χ1n) is 6.86. The number of carbonyl (C=O) groups excluding carboxylic acids is 1. The molecule has 0 saturated heterocycles. The summed E-state index contributed by atoms with van der Waals surface area (Å²) in [5.74, 6) is 0.175. The number of hydrogen-bond acceptors (Lipinski definition) is 4. The first kappa shape index (κ1) is 16.6. The number of nitrogens with one attached hydrogen (secondary N) is 2. The van der Waals surface area contributed by atoms with Crippen LogP contribution in [0.25, 0.3) is 0 Å². The molecule has 22 heavy (non-hydrogen) atoms. The second kappa shape index (κ2) is 7.51. The van der Waals surface area contributed by atoms with E-state index in [-0.39, 0.29) is 11.9 Å². The van der Waals surface area contributed by atoms with E-state index in [1.165, 1.54) is 0 Å². The van der Waals surface area contributed by atoms with Gasteiger partial charge >= 0.3 is 6.03 Å². The monoisotopic (exact) mass is 337 g/mol. The Kier molecular flexibility index (Phi) is 5.68. The van der Waals surface area contributed by atoms with Gasteiger partial charge in [-0.05, 0) is 31.2 Å². The van der Waals surface area contributed by atoms with Crippen LogP contribution < -0.4 is 10.6 Å². The molecule has 0 unspecified atom stereocenters. The van der Waals surface area contributed by atoms with Crippen molar-refractivity contribution in [3.05, 3.63) is 40.3 Å². The normalized spacial score (nSPS) is 13.4. The third-order valence-electron chi connectivity index (χ3n) is 3.07. The second-order valence-corrected chi connectivity index (χ2v) is 7.31. The molecule has 0 spiro atoms. The molecule has 1 aromatic heterocycles. The lowest BCUT2D eigenvalue weighted by Gasteiger charge is -2.11. The molecule has 1 aromatic carbocycles. The fourth-order valence-corrected chi connectivity index (χ4v) is 3.21. The van der Waals surface area contributed by atoms with Gasteiger partial charge in [0.2, 0.25) is 0 Å². The van der Waals surface area contributed by atoms with Crippen LogP contribution in [0.5, 0.6) is 0 Å². The van der Waals surface area contributed by atoms with E-state index in [9.17, 15) is 9.00 Å². The lowest BCUT2D eigenvalue weighted by Crippen LogP contribution is -2.31. The third kappa shape index (κ3) is 4.64. The largest absolute Gasteiger partial charge is 0.337 e. The molecule has 7 heteroatoms. The van der Waals surface area contributed by atoms with Crippen molar-refractivity contribution in [3.8, 4) is 0 Å². The molecule has 118 valence electrons. The maximum atomic E-state index is 11.9. The van der Waals surface area contributed by atoms with Gasteiger partial charge in [0.25, 0.3) is 0 Å². The summed E-state index contributed by atoms with van der Waals surface area (Å²) in [6, 6.07) is 6.71. The molecule has 0 aliphatic rings. The van der Waals surface area contributed by atoms with Gasteiger partial charge in [-0.15, -0.1) is 11.3 Å². The Morgan fingerprint density at radius 2 is 2.05 bits per heavy atom. The van der Waals surface area contributed by atoms with Crippen molar-refractivity contribution >= 4 is 33.9 Å². The summed E-state index contributed by atoms with van der Waals surface area (Å²) < 4.78 is 11.3. The highest BCUT2D eigenvalue weighted by atomic mass is 32.2. The zero-order valence-electron chi connectivity index (χ0n) is 12.8. The fourth-order valence-electron chi connectivity index (χ4n) is 1.84. The summed E-state index contributed by atoms with van der Waals surface area (Å²) in [7, 11) is -1.01. The van der Waals surface area contributed by atoms with Gasteiger partial charge in [0.05, 0.1) is 5.01 Å². The third-order valence-corrected chi connectivity index (χ3v) is 5.20. The number of carbonyl (C=O) groups is 1. The predicted molar refractivity (Wildman–Crippen MR) is 91.1 cm³/mol. The summed E-state index contributed by atoms with van der Waals surface area (Å²) in [5.41, 5.74) is 1.68. The molecule has 0 fully saturated rings. The molecule has 1 heterocycles. The minimum atomic E-state index is -1.01. The van der Waals surface area contributed by atoms with Crippen molar-refractivity contribution in [2.75, 3.05) is 18.1 Å². The minimum absolute atomic E-state index is 0.175. The van der Waals surface area contributed by atoms with Gasteiger partial charge in [-0.25, -0.2) is 9.78 Å².